The molecule has 1 N–H and O–H groups in total. The summed E-state index contributed by atoms with van der Waals surface area (Å²) in [6.45, 7) is 4.94. The van der Waals surface area contributed by atoms with Crippen LogP contribution in [-0.4, -0.2) is 41.5 Å². The molecule has 27 heavy (non-hydrogen) atoms. The van der Waals surface area contributed by atoms with Crippen LogP contribution in [0.15, 0.2) is 41.5 Å². The van der Waals surface area contributed by atoms with E-state index in [1.165, 1.54) is 0 Å². The van der Waals surface area contributed by atoms with Gasteiger partial charge in [-0.25, -0.2) is 4.79 Å². The molecule has 2 heterocycles. The Labute approximate surface area is 167 Å². The lowest BCUT2D eigenvalue weighted by atomic mass is 10.0. The third-order valence-electron chi connectivity index (χ3n) is 4.57. The van der Waals surface area contributed by atoms with E-state index < -0.39 is 0 Å². The first kappa shape index (κ1) is 19.3. The Kier molecular flexibility index (Phi) is 6.05. The van der Waals surface area contributed by atoms with Gasteiger partial charge in [0.15, 0.2) is 5.82 Å². The normalized spacial score (nSPS) is 16.3. The van der Waals surface area contributed by atoms with Crippen molar-refractivity contribution in [2.45, 2.75) is 25.4 Å². The van der Waals surface area contributed by atoms with Crippen LogP contribution < -0.4 is 14.8 Å². The number of aromatic nitrogens is 2. The number of likely N-dealkylation sites (tertiary alicyclic amines) is 1. The third-order valence-corrected chi connectivity index (χ3v) is 5.15. The molecule has 0 bridgehead atoms. The maximum atomic E-state index is 12.9. The first-order valence-corrected chi connectivity index (χ1v) is 9.50. The third kappa shape index (κ3) is 4.10. The van der Waals surface area contributed by atoms with Crippen LogP contribution in [-0.2, 0) is 6.54 Å². The van der Waals surface area contributed by atoms with Crippen LogP contribution in [0.4, 0.5) is 10.6 Å². The second-order valence-electron chi connectivity index (χ2n) is 6.23. The number of benzene rings is 1. The summed E-state index contributed by atoms with van der Waals surface area (Å²) in [5, 5.41) is 7.26. The lowest BCUT2D eigenvalue weighted by molar-refractivity contribution is 0.206. The van der Waals surface area contributed by atoms with Crippen LogP contribution in [0.3, 0.4) is 0 Å². The minimum absolute atomic E-state index is 0.0795. The number of halogens is 1. The highest BCUT2D eigenvalue weighted by Crippen LogP contribution is 2.39. The summed E-state index contributed by atoms with van der Waals surface area (Å²) < 4.78 is 13.3. The smallest absolute Gasteiger partial charge is 0.323 e. The number of urea groups is 1. The molecule has 144 valence electrons. The van der Waals surface area contributed by atoms with E-state index in [9.17, 15) is 4.79 Å². The maximum Gasteiger partial charge on any atom is 0.323 e. The molecule has 2 amide bonds. The van der Waals surface area contributed by atoms with Crippen molar-refractivity contribution in [3.05, 3.63) is 47.1 Å². The van der Waals surface area contributed by atoms with Crippen molar-refractivity contribution in [1.82, 2.24) is 14.7 Å². The van der Waals surface area contributed by atoms with E-state index in [2.05, 4.69) is 32.9 Å². The molecule has 1 saturated heterocycles. The van der Waals surface area contributed by atoms with Gasteiger partial charge in [0, 0.05) is 18.3 Å². The molecule has 0 saturated carbocycles. The second-order valence-corrected chi connectivity index (χ2v) is 7.08. The Balaban J connectivity index is 1.82. The molecule has 2 aromatic rings. The quantitative estimate of drug-likeness (QED) is 0.690. The van der Waals surface area contributed by atoms with E-state index in [0.29, 0.717) is 18.9 Å². The predicted molar refractivity (Wildman–Crippen MR) is 107 cm³/mol. The Bertz CT molecular complexity index is 836. The maximum absolute atomic E-state index is 12.9. The van der Waals surface area contributed by atoms with Crippen LogP contribution in [0.25, 0.3) is 0 Å². The van der Waals surface area contributed by atoms with E-state index in [4.69, 9.17) is 9.47 Å². The average Bonchev–Trinajstić information content (AvgIpc) is 3.28. The van der Waals surface area contributed by atoms with Gasteiger partial charge in [0.1, 0.15) is 11.5 Å². The Morgan fingerprint density at radius 1 is 1.44 bits per heavy atom. The number of rotatable bonds is 6. The van der Waals surface area contributed by atoms with Gasteiger partial charge in [-0.15, -0.1) is 6.58 Å². The molecule has 0 radical (unpaired) electrons. The number of nitrogens with one attached hydrogen (secondary N) is 1. The fourth-order valence-electron chi connectivity index (χ4n) is 3.31. The van der Waals surface area contributed by atoms with Crippen molar-refractivity contribution in [2.24, 2.45) is 0 Å². The zero-order valence-electron chi connectivity index (χ0n) is 15.4. The fourth-order valence-corrected chi connectivity index (χ4v) is 3.73. The van der Waals surface area contributed by atoms with Crippen molar-refractivity contribution in [2.75, 3.05) is 26.1 Å². The second kappa shape index (κ2) is 8.47. The van der Waals surface area contributed by atoms with Gasteiger partial charge in [-0.2, -0.15) is 5.10 Å². The molecule has 0 unspecified atom stereocenters. The summed E-state index contributed by atoms with van der Waals surface area (Å²) in [5.41, 5.74) is 0.945. The van der Waals surface area contributed by atoms with Crippen molar-refractivity contribution in [3.63, 3.8) is 0 Å². The fraction of sp³-hybridized carbons (Fsp3) is 0.368. The molecule has 1 atom stereocenters. The molecule has 1 aliphatic heterocycles. The summed E-state index contributed by atoms with van der Waals surface area (Å²) in [7, 11) is 3.26. The molecule has 1 aromatic carbocycles. The zero-order valence-corrected chi connectivity index (χ0v) is 17.0. The van der Waals surface area contributed by atoms with Gasteiger partial charge in [-0.3, -0.25) is 10.00 Å². The van der Waals surface area contributed by atoms with Crippen LogP contribution >= 0.6 is 15.9 Å². The lowest BCUT2D eigenvalue weighted by Gasteiger charge is -2.26. The molecule has 7 nitrogen and oxygen atoms in total. The van der Waals surface area contributed by atoms with Gasteiger partial charge in [-0.1, -0.05) is 6.08 Å². The number of anilines is 1. The number of hydrogen-bond acceptors (Lipinski definition) is 4. The van der Waals surface area contributed by atoms with Crippen molar-refractivity contribution < 1.29 is 14.3 Å². The number of methoxy groups -OCH3 is 2. The van der Waals surface area contributed by atoms with Crippen LogP contribution in [0.5, 0.6) is 11.5 Å². The monoisotopic (exact) mass is 434 g/mol. The zero-order chi connectivity index (χ0) is 19.4. The van der Waals surface area contributed by atoms with Gasteiger partial charge in [0.2, 0.25) is 0 Å². The van der Waals surface area contributed by atoms with E-state index >= 15 is 0 Å². The first-order chi connectivity index (χ1) is 13.1. The summed E-state index contributed by atoms with van der Waals surface area (Å²) in [4.78, 5) is 14.7. The summed E-state index contributed by atoms with van der Waals surface area (Å²) in [6.07, 6.45) is 5.34. The molecule has 1 aromatic heterocycles. The Hall–Kier alpha value is -2.48. The number of nitrogens with zero attached hydrogens (tertiary/aromatic N) is 3. The highest BCUT2D eigenvalue weighted by atomic mass is 79.9. The highest BCUT2D eigenvalue weighted by molar-refractivity contribution is 9.10. The average molecular weight is 435 g/mol. The first-order valence-electron chi connectivity index (χ1n) is 8.70. The molecule has 0 spiro atoms. The SMILES string of the molecule is C=CCn1cc(Br)c(NC(=O)N2CCC[C@@H]2c2cc(OC)ccc2OC)n1. The van der Waals surface area contributed by atoms with E-state index in [1.54, 1.807) is 25.0 Å². The number of allylic oxidation sites excluding steroid dienone is 1. The number of carbonyl (C=O) groups is 1. The molecule has 3 rings (SSSR count). The molecule has 1 aliphatic rings. The molecular weight excluding hydrogens is 412 g/mol. The minimum atomic E-state index is -0.188. The highest BCUT2D eigenvalue weighted by Gasteiger charge is 2.32. The van der Waals surface area contributed by atoms with Crippen molar-refractivity contribution >= 4 is 27.8 Å². The molecular formula is C19H23BrN4O3. The molecule has 0 aliphatic carbocycles. The summed E-state index contributed by atoms with van der Waals surface area (Å²) in [6, 6.07) is 5.39. The van der Waals surface area contributed by atoms with Gasteiger partial charge in [0.05, 0.1) is 31.3 Å². The van der Waals surface area contributed by atoms with Gasteiger partial charge < -0.3 is 14.4 Å². The number of hydrogen-bond donors (Lipinski definition) is 1. The largest absolute Gasteiger partial charge is 0.497 e. The van der Waals surface area contributed by atoms with Crippen LogP contribution in [0.2, 0.25) is 0 Å². The molecule has 1 fully saturated rings. The van der Waals surface area contributed by atoms with Gasteiger partial charge in [0.25, 0.3) is 0 Å². The van der Waals surface area contributed by atoms with Gasteiger partial charge >= 0.3 is 6.03 Å². The standard InChI is InChI=1S/C19H23BrN4O3/c1-4-9-23-12-15(20)18(22-23)21-19(25)24-10-5-6-16(24)14-11-13(26-2)7-8-17(14)27-3/h4,7-8,11-12,16H,1,5-6,9-10H2,2-3H3,(H,21,22,25)/t16-/m1/s1. The Morgan fingerprint density at radius 2 is 2.26 bits per heavy atom. The van der Waals surface area contributed by atoms with Crippen molar-refractivity contribution in [3.8, 4) is 11.5 Å². The lowest BCUT2D eigenvalue weighted by Crippen LogP contribution is -2.34. The summed E-state index contributed by atoms with van der Waals surface area (Å²) in [5.74, 6) is 1.98. The van der Waals surface area contributed by atoms with Crippen LogP contribution in [0, 0.1) is 0 Å². The topological polar surface area (TPSA) is 68.6 Å². The number of amides is 2. The van der Waals surface area contributed by atoms with Crippen molar-refractivity contribution in [1.29, 1.82) is 0 Å². The van der Waals surface area contributed by atoms with Crippen LogP contribution in [0.1, 0.15) is 24.4 Å². The van der Waals surface area contributed by atoms with E-state index in [-0.39, 0.29) is 12.1 Å². The van der Waals surface area contributed by atoms with E-state index in [0.717, 1.165) is 34.4 Å². The van der Waals surface area contributed by atoms with Gasteiger partial charge in [-0.05, 0) is 47.0 Å². The predicted octanol–water partition coefficient (Wildman–Crippen LogP) is 4.22. The van der Waals surface area contributed by atoms with E-state index in [1.807, 2.05) is 29.3 Å². The molecule has 8 heteroatoms. The number of ether oxygens (including phenoxy) is 2. The summed E-state index contributed by atoms with van der Waals surface area (Å²) >= 11 is 3.44. The number of carbonyl (C=O) groups excluding carboxylic acids is 1. The minimum Gasteiger partial charge on any atom is -0.497 e. The Morgan fingerprint density at radius 3 is 2.96 bits per heavy atom.